The lowest BCUT2D eigenvalue weighted by molar-refractivity contribution is -0.123. The quantitative estimate of drug-likeness (QED) is 0.881. The Kier molecular flexibility index (Phi) is 4.10. The van der Waals surface area contributed by atoms with Gasteiger partial charge in [0.2, 0.25) is 0 Å². The van der Waals surface area contributed by atoms with Crippen molar-refractivity contribution in [1.29, 1.82) is 0 Å². The van der Waals surface area contributed by atoms with Crippen molar-refractivity contribution in [3.63, 3.8) is 0 Å². The minimum Gasteiger partial charge on any atom is -0.457 e. The summed E-state index contributed by atoms with van der Waals surface area (Å²) in [5.74, 6) is 0.903. The Balaban J connectivity index is 2.01. The molecule has 0 spiro atoms. The predicted octanol–water partition coefficient (Wildman–Crippen LogP) is 2.19. The first-order valence-electron chi connectivity index (χ1n) is 5.82. The molecule has 2 rings (SSSR count). The molecule has 0 fully saturated rings. The summed E-state index contributed by atoms with van der Waals surface area (Å²) in [4.78, 5) is 15.2. The molecule has 0 aliphatic carbocycles. The van der Waals surface area contributed by atoms with Crippen LogP contribution in [0.15, 0.2) is 48.8 Å². The van der Waals surface area contributed by atoms with E-state index in [1.807, 2.05) is 0 Å². The highest BCUT2D eigenvalue weighted by Gasteiger charge is 2.08. The summed E-state index contributed by atoms with van der Waals surface area (Å²) in [5, 5.41) is 11.7. The van der Waals surface area contributed by atoms with Crippen molar-refractivity contribution in [3.05, 3.63) is 48.8 Å². The third-order valence-corrected chi connectivity index (χ3v) is 2.39. The second-order valence-corrected chi connectivity index (χ2v) is 3.97. The minimum atomic E-state index is -1.03. The van der Waals surface area contributed by atoms with Crippen LogP contribution in [0.25, 0.3) is 0 Å². The largest absolute Gasteiger partial charge is 0.457 e. The van der Waals surface area contributed by atoms with Gasteiger partial charge in [-0.05, 0) is 43.3 Å². The third-order valence-electron chi connectivity index (χ3n) is 2.39. The van der Waals surface area contributed by atoms with E-state index in [9.17, 15) is 4.79 Å². The molecule has 1 aromatic heterocycles. The maximum Gasteiger partial charge on any atom is 0.252 e. The normalized spacial score (nSPS) is 11.7. The fourth-order valence-corrected chi connectivity index (χ4v) is 1.40. The number of anilines is 1. The number of carbonyl (C=O) groups excluding carboxylic acids is 1. The van der Waals surface area contributed by atoms with E-state index in [0.717, 1.165) is 0 Å². The van der Waals surface area contributed by atoms with Crippen LogP contribution in [0.3, 0.4) is 0 Å². The average Bonchev–Trinajstić information content (AvgIpc) is 2.42. The fourth-order valence-electron chi connectivity index (χ4n) is 1.40. The Morgan fingerprint density at radius 2 is 1.74 bits per heavy atom. The monoisotopic (exact) mass is 258 g/mol. The molecule has 0 aliphatic heterocycles. The molecule has 1 unspecified atom stereocenters. The van der Waals surface area contributed by atoms with Crippen LogP contribution in [0.4, 0.5) is 5.69 Å². The summed E-state index contributed by atoms with van der Waals surface area (Å²) >= 11 is 0. The Labute approximate surface area is 110 Å². The first-order chi connectivity index (χ1) is 9.15. The Morgan fingerprint density at radius 3 is 2.32 bits per heavy atom. The fraction of sp³-hybridized carbons (Fsp3) is 0.143. The van der Waals surface area contributed by atoms with Gasteiger partial charge in [0.05, 0.1) is 0 Å². The number of amides is 1. The number of aromatic nitrogens is 1. The number of benzene rings is 1. The van der Waals surface area contributed by atoms with Gasteiger partial charge in [-0.2, -0.15) is 0 Å². The van der Waals surface area contributed by atoms with Crippen molar-refractivity contribution in [2.24, 2.45) is 0 Å². The smallest absolute Gasteiger partial charge is 0.252 e. The SMILES string of the molecule is CC(O)C(=O)Nc1ccc(Oc2ccncc2)cc1. The van der Waals surface area contributed by atoms with Crippen molar-refractivity contribution in [2.45, 2.75) is 13.0 Å². The number of nitrogens with one attached hydrogen (secondary N) is 1. The van der Waals surface area contributed by atoms with Crippen LogP contribution < -0.4 is 10.1 Å². The zero-order chi connectivity index (χ0) is 13.7. The first-order valence-corrected chi connectivity index (χ1v) is 5.82. The first kappa shape index (κ1) is 13.0. The number of rotatable bonds is 4. The predicted molar refractivity (Wildman–Crippen MR) is 71.1 cm³/mol. The van der Waals surface area contributed by atoms with Gasteiger partial charge in [-0.3, -0.25) is 9.78 Å². The van der Waals surface area contributed by atoms with Crippen LogP contribution in [0.2, 0.25) is 0 Å². The summed E-state index contributed by atoms with van der Waals surface area (Å²) in [5.41, 5.74) is 0.605. The summed E-state index contributed by atoms with van der Waals surface area (Å²) in [7, 11) is 0. The molecule has 2 N–H and O–H groups in total. The number of pyridine rings is 1. The molecule has 0 aliphatic rings. The standard InChI is InChI=1S/C14H14N2O3/c1-10(17)14(18)16-11-2-4-12(5-3-11)19-13-6-8-15-9-7-13/h2-10,17H,1H3,(H,16,18). The molecular formula is C14H14N2O3. The second kappa shape index (κ2) is 5.97. The number of nitrogens with zero attached hydrogens (tertiary/aromatic N) is 1. The van der Waals surface area contributed by atoms with Gasteiger partial charge in [-0.1, -0.05) is 0 Å². The van der Waals surface area contributed by atoms with E-state index in [2.05, 4.69) is 10.3 Å². The molecule has 5 nitrogen and oxygen atoms in total. The van der Waals surface area contributed by atoms with Gasteiger partial charge in [0, 0.05) is 18.1 Å². The van der Waals surface area contributed by atoms with Crippen LogP contribution in [-0.4, -0.2) is 22.1 Å². The molecule has 1 amide bonds. The Morgan fingerprint density at radius 1 is 1.16 bits per heavy atom. The molecule has 2 aromatic rings. The minimum absolute atomic E-state index is 0.442. The molecule has 1 heterocycles. The van der Waals surface area contributed by atoms with Gasteiger partial charge in [0.1, 0.15) is 17.6 Å². The zero-order valence-electron chi connectivity index (χ0n) is 10.4. The topological polar surface area (TPSA) is 71.5 Å². The molecule has 0 radical (unpaired) electrons. The molecular weight excluding hydrogens is 244 g/mol. The van der Waals surface area contributed by atoms with Crippen LogP contribution in [0.1, 0.15) is 6.92 Å². The number of carbonyl (C=O) groups is 1. The number of hydrogen-bond donors (Lipinski definition) is 2. The maximum absolute atomic E-state index is 11.3. The highest BCUT2D eigenvalue weighted by Crippen LogP contribution is 2.22. The van der Waals surface area contributed by atoms with Crippen molar-refractivity contribution in [2.75, 3.05) is 5.32 Å². The molecule has 0 saturated heterocycles. The van der Waals surface area contributed by atoms with E-state index in [0.29, 0.717) is 17.2 Å². The molecule has 19 heavy (non-hydrogen) atoms. The number of hydrogen-bond acceptors (Lipinski definition) is 4. The van der Waals surface area contributed by atoms with Crippen molar-refractivity contribution < 1.29 is 14.6 Å². The Bertz CT molecular complexity index is 538. The molecule has 1 aromatic carbocycles. The third kappa shape index (κ3) is 3.79. The lowest BCUT2D eigenvalue weighted by Gasteiger charge is -2.08. The van der Waals surface area contributed by atoms with Crippen LogP contribution in [-0.2, 0) is 4.79 Å². The van der Waals surface area contributed by atoms with E-state index in [-0.39, 0.29) is 0 Å². The second-order valence-electron chi connectivity index (χ2n) is 3.97. The maximum atomic E-state index is 11.3. The van der Waals surface area contributed by atoms with Crippen LogP contribution in [0, 0.1) is 0 Å². The lowest BCUT2D eigenvalue weighted by atomic mass is 10.3. The average molecular weight is 258 g/mol. The highest BCUT2D eigenvalue weighted by atomic mass is 16.5. The van der Waals surface area contributed by atoms with Crippen LogP contribution >= 0.6 is 0 Å². The van der Waals surface area contributed by atoms with Crippen LogP contribution in [0.5, 0.6) is 11.5 Å². The molecule has 0 bridgehead atoms. The number of aliphatic hydroxyl groups is 1. The zero-order valence-corrected chi connectivity index (χ0v) is 10.4. The van der Waals surface area contributed by atoms with Gasteiger partial charge in [-0.15, -0.1) is 0 Å². The van der Waals surface area contributed by atoms with Gasteiger partial charge in [0.15, 0.2) is 0 Å². The summed E-state index contributed by atoms with van der Waals surface area (Å²) < 4.78 is 5.58. The van der Waals surface area contributed by atoms with Crippen molar-refractivity contribution >= 4 is 11.6 Å². The van der Waals surface area contributed by atoms with E-state index < -0.39 is 12.0 Å². The van der Waals surface area contributed by atoms with E-state index >= 15 is 0 Å². The lowest BCUT2D eigenvalue weighted by Crippen LogP contribution is -2.24. The number of aliphatic hydroxyl groups excluding tert-OH is 1. The van der Waals surface area contributed by atoms with Gasteiger partial charge < -0.3 is 15.2 Å². The van der Waals surface area contributed by atoms with Gasteiger partial charge in [-0.25, -0.2) is 0 Å². The molecule has 98 valence electrons. The van der Waals surface area contributed by atoms with E-state index in [4.69, 9.17) is 9.84 Å². The van der Waals surface area contributed by atoms with Gasteiger partial charge in [0.25, 0.3) is 5.91 Å². The Hall–Kier alpha value is -2.40. The highest BCUT2D eigenvalue weighted by molar-refractivity contribution is 5.93. The van der Waals surface area contributed by atoms with E-state index in [1.165, 1.54) is 6.92 Å². The molecule has 1 atom stereocenters. The summed E-state index contributed by atoms with van der Waals surface area (Å²) in [6.45, 7) is 1.41. The molecule has 5 heteroatoms. The van der Waals surface area contributed by atoms with Crippen molar-refractivity contribution in [3.8, 4) is 11.5 Å². The van der Waals surface area contributed by atoms with E-state index in [1.54, 1.807) is 48.8 Å². The number of ether oxygens (including phenoxy) is 1. The van der Waals surface area contributed by atoms with Crippen molar-refractivity contribution in [1.82, 2.24) is 4.98 Å². The summed E-state index contributed by atoms with van der Waals surface area (Å²) in [6, 6.07) is 10.4. The molecule has 0 saturated carbocycles. The van der Waals surface area contributed by atoms with Gasteiger partial charge >= 0.3 is 0 Å². The summed E-state index contributed by atoms with van der Waals surface area (Å²) in [6.07, 6.45) is 2.26.